The molecule has 1 heterocycles. The first-order valence-corrected chi connectivity index (χ1v) is 10.2. The molecule has 4 rings (SSSR count). The molecule has 5 nitrogen and oxygen atoms in total. The number of nitrogen functional groups attached to an aromatic ring is 1. The molecule has 0 atom stereocenters. The van der Waals surface area contributed by atoms with E-state index in [2.05, 4.69) is 24.0 Å². The van der Waals surface area contributed by atoms with Gasteiger partial charge >= 0.3 is 0 Å². The van der Waals surface area contributed by atoms with E-state index in [-0.39, 0.29) is 19.7 Å². The molecule has 1 aliphatic rings. The van der Waals surface area contributed by atoms with E-state index in [9.17, 15) is 4.79 Å². The van der Waals surface area contributed by atoms with E-state index in [0.29, 0.717) is 0 Å². The minimum Gasteiger partial charge on any atom is -0.412 e. The standard InChI is InChI=1S/C16H15NOS2.C6H7N.2H2O.2H2/c18-16(17-13-4-6-14(19)7-5-13)12-3-8-15-11(10-12)2-1-9-20-15;7-6-4-2-1-3-5-6;;;;/h3-8,10,19H,1-2,9H2,(H,17,18);1-5H,7H2;2*1H2;2*1H. The molecule has 0 radical (unpaired) electrons. The monoisotopic (exact) mass is 434 g/mol. The van der Waals surface area contributed by atoms with Crippen LogP contribution in [0.25, 0.3) is 0 Å². The molecule has 0 saturated heterocycles. The Morgan fingerprint density at radius 2 is 1.69 bits per heavy atom. The number of rotatable bonds is 2. The Balaban J connectivity index is 0. The van der Waals surface area contributed by atoms with Crippen molar-refractivity contribution in [2.24, 2.45) is 0 Å². The molecule has 1 amide bonds. The molecule has 0 unspecified atom stereocenters. The van der Waals surface area contributed by atoms with Gasteiger partial charge in [-0.05, 0) is 78.8 Å². The molecule has 158 valence electrons. The fourth-order valence-electron chi connectivity index (χ4n) is 2.70. The lowest BCUT2D eigenvalue weighted by atomic mass is 10.1. The first-order chi connectivity index (χ1) is 13.1. The summed E-state index contributed by atoms with van der Waals surface area (Å²) in [5, 5.41) is 2.91. The van der Waals surface area contributed by atoms with Gasteiger partial charge in [-0.15, -0.1) is 24.4 Å². The number of para-hydroxylation sites is 1. The normalized spacial score (nSPS) is 11.5. The summed E-state index contributed by atoms with van der Waals surface area (Å²) in [7, 11) is 0. The van der Waals surface area contributed by atoms with Gasteiger partial charge in [0, 0.05) is 29.6 Å². The number of fused-ring (bicyclic) bond motifs is 1. The van der Waals surface area contributed by atoms with Gasteiger partial charge in [-0.1, -0.05) is 18.2 Å². The molecule has 7 heteroatoms. The van der Waals surface area contributed by atoms with Crippen LogP contribution in [0.1, 0.15) is 25.2 Å². The average Bonchev–Trinajstić information content (AvgIpc) is 2.70. The van der Waals surface area contributed by atoms with Crippen LogP contribution in [0.15, 0.2) is 82.6 Å². The minimum atomic E-state index is -0.0599. The Morgan fingerprint density at radius 1 is 1.00 bits per heavy atom. The number of hydrogen-bond acceptors (Lipinski definition) is 4. The highest BCUT2D eigenvalue weighted by molar-refractivity contribution is 7.99. The Bertz CT molecular complexity index is 914. The number of amides is 1. The topological polar surface area (TPSA) is 118 Å². The van der Waals surface area contributed by atoms with Crippen LogP contribution in [0.2, 0.25) is 0 Å². The fourth-order valence-corrected chi connectivity index (χ4v) is 3.87. The molecule has 0 aromatic heterocycles. The number of thioether (sulfide) groups is 1. The Labute approximate surface area is 183 Å². The highest BCUT2D eigenvalue weighted by Gasteiger charge is 2.13. The molecule has 0 saturated carbocycles. The van der Waals surface area contributed by atoms with Crippen molar-refractivity contribution in [2.75, 3.05) is 16.8 Å². The fraction of sp³-hybridized carbons (Fsp3) is 0.136. The second-order valence-corrected chi connectivity index (χ2v) is 7.84. The maximum atomic E-state index is 12.2. The number of aryl methyl sites for hydroxylation is 1. The molecular formula is C22H30N2O3S2. The predicted octanol–water partition coefficient (Wildman–Crippen LogP) is 4.38. The molecule has 7 N–H and O–H groups in total. The molecule has 0 bridgehead atoms. The Hall–Kier alpha value is -2.45. The number of anilines is 2. The van der Waals surface area contributed by atoms with Crippen LogP contribution in [0, 0.1) is 0 Å². The van der Waals surface area contributed by atoms with Gasteiger partial charge in [0.15, 0.2) is 0 Å². The zero-order valence-corrected chi connectivity index (χ0v) is 17.6. The van der Waals surface area contributed by atoms with Crippen molar-refractivity contribution >= 4 is 41.7 Å². The molecule has 0 spiro atoms. The molecule has 1 aliphatic heterocycles. The van der Waals surface area contributed by atoms with Gasteiger partial charge in [0.2, 0.25) is 0 Å². The van der Waals surface area contributed by atoms with Crippen LogP contribution >= 0.6 is 24.4 Å². The summed E-state index contributed by atoms with van der Waals surface area (Å²) in [5.74, 6) is 1.12. The van der Waals surface area contributed by atoms with Crippen molar-refractivity contribution in [3.8, 4) is 0 Å². The largest absolute Gasteiger partial charge is 0.412 e. The third-order valence-corrected chi connectivity index (χ3v) is 5.60. The molecule has 3 aromatic carbocycles. The van der Waals surface area contributed by atoms with Gasteiger partial charge in [-0.25, -0.2) is 0 Å². The van der Waals surface area contributed by atoms with Crippen LogP contribution in [0.5, 0.6) is 0 Å². The summed E-state index contributed by atoms with van der Waals surface area (Å²) >= 11 is 6.11. The number of thiol groups is 1. The third-order valence-electron chi connectivity index (χ3n) is 4.10. The Kier molecular flexibility index (Phi) is 10.3. The van der Waals surface area contributed by atoms with Crippen LogP contribution in [0.3, 0.4) is 0 Å². The summed E-state index contributed by atoms with van der Waals surface area (Å²) in [4.78, 5) is 14.4. The second kappa shape index (κ2) is 12.2. The lowest BCUT2D eigenvalue weighted by Crippen LogP contribution is -2.12. The quantitative estimate of drug-likeness (QED) is 0.410. The number of nitrogens with two attached hydrogens (primary N) is 1. The summed E-state index contributed by atoms with van der Waals surface area (Å²) in [6.45, 7) is 0. The maximum Gasteiger partial charge on any atom is 0.255 e. The second-order valence-electron chi connectivity index (χ2n) is 6.19. The maximum absolute atomic E-state index is 12.2. The summed E-state index contributed by atoms with van der Waals surface area (Å²) < 4.78 is 0. The van der Waals surface area contributed by atoms with Gasteiger partial charge in [-0.3, -0.25) is 4.79 Å². The zero-order chi connectivity index (χ0) is 19.1. The van der Waals surface area contributed by atoms with Crippen molar-refractivity contribution in [3.05, 3.63) is 83.9 Å². The van der Waals surface area contributed by atoms with E-state index in [1.165, 1.54) is 22.6 Å². The highest BCUT2D eigenvalue weighted by atomic mass is 32.2. The number of nitrogens with one attached hydrogen (secondary N) is 1. The molecule has 29 heavy (non-hydrogen) atoms. The lowest BCUT2D eigenvalue weighted by Gasteiger charge is -2.16. The first-order valence-electron chi connectivity index (χ1n) is 8.78. The van der Waals surface area contributed by atoms with Gasteiger partial charge in [-0.2, -0.15) is 0 Å². The summed E-state index contributed by atoms with van der Waals surface area (Å²) in [6.07, 6.45) is 2.25. The van der Waals surface area contributed by atoms with Gasteiger partial charge < -0.3 is 22.0 Å². The van der Waals surface area contributed by atoms with Crippen LogP contribution in [-0.2, 0) is 6.42 Å². The van der Waals surface area contributed by atoms with E-state index in [0.717, 1.165) is 28.3 Å². The summed E-state index contributed by atoms with van der Waals surface area (Å²) in [6, 6.07) is 22.9. The number of benzene rings is 3. The third kappa shape index (κ3) is 7.47. The van der Waals surface area contributed by atoms with Crippen molar-refractivity contribution in [2.45, 2.75) is 22.6 Å². The average molecular weight is 435 g/mol. The van der Waals surface area contributed by atoms with Gasteiger partial charge in [0.05, 0.1) is 0 Å². The van der Waals surface area contributed by atoms with Crippen LogP contribution in [0.4, 0.5) is 11.4 Å². The van der Waals surface area contributed by atoms with Crippen molar-refractivity contribution < 1.29 is 18.6 Å². The first kappa shape index (κ1) is 24.6. The molecule has 0 aliphatic carbocycles. The van der Waals surface area contributed by atoms with E-state index in [1.54, 1.807) is 0 Å². The highest BCUT2D eigenvalue weighted by Crippen LogP contribution is 2.30. The zero-order valence-electron chi connectivity index (χ0n) is 15.9. The van der Waals surface area contributed by atoms with Gasteiger partial charge in [0.25, 0.3) is 5.91 Å². The van der Waals surface area contributed by atoms with Crippen LogP contribution in [-0.4, -0.2) is 22.6 Å². The van der Waals surface area contributed by atoms with E-state index < -0.39 is 0 Å². The number of carbonyl (C=O) groups is 1. The van der Waals surface area contributed by atoms with E-state index >= 15 is 0 Å². The lowest BCUT2D eigenvalue weighted by molar-refractivity contribution is 0.102. The molecular weight excluding hydrogens is 404 g/mol. The minimum absolute atomic E-state index is 0. The van der Waals surface area contributed by atoms with Crippen molar-refractivity contribution in [1.29, 1.82) is 0 Å². The number of hydrogen-bond donors (Lipinski definition) is 3. The Morgan fingerprint density at radius 3 is 2.31 bits per heavy atom. The SMILES string of the molecule is Nc1ccccc1.O.O.O=C(Nc1ccc(S)cc1)c1ccc2c(c1)CCCS2.[HH].[HH]. The van der Waals surface area contributed by atoms with E-state index in [4.69, 9.17) is 5.73 Å². The van der Waals surface area contributed by atoms with Crippen molar-refractivity contribution in [3.63, 3.8) is 0 Å². The van der Waals surface area contributed by atoms with Crippen molar-refractivity contribution in [1.82, 2.24) is 0 Å². The van der Waals surface area contributed by atoms with E-state index in [1.807, 2.05) is 78.5 Å². The summed E-state index contributed by atoms with van der Waals surface area (Å²) in [5.41, 5.74) is 8.99. The predicted molar refractivity (Wildman–Crippen MR) is 129 cm³/mol. The smallest absolute Gasteiger partial charge is 0.255 e. The molecule has 3 aromatic rings. The number of carbonyl (C=O) groups excluding carboxylic acids is 1. The van der Waals surface area contributed by atoms with Gasteiger partial charge in [0.1, 0.15) is 0 Å². The molecule has 0 fully saturated rings. The van der Waals surface area contributed by atoms with Crippen LogP contribution < -0.4 is 11.1 Å².